The maximum Gasteiger partial charge on any atom is 0.421 e. The summed E-state index contributed by atoms with van der Waals surface area (Å²) in [6.45, 7) is 0. The minimum atomic E-state index is -3.03. The van der Waals surface area contributed by atoms with Gasteiger partial charge in [0.2, 0.25) is 0 Å². The molecule has 0 amide bonds. The fraction of sp³-hybridized carbons (Fsp3) is 0. The Morgan fingerprint density at radius 1 is 1.00 bits per heavy atom. The van der Waals surface area contributed by atoms with Gasteiger partial charge in [0.25, 0.3) is 0 Å². The van der Waals surface area contributed by atoms with Crippen LogP contribution in [0.5, 0.6) is 5.75 Å². The first-order valence-corrected chi connectivity index (χ1v) is 6.96. The molecule has 0 heterocycles. The molecular formula is C14H11O5P. The van der Waals surface area contributed by atoms with Crippen molar-refractivity contribution in [3.63, 3.8) is 0 Å². The van der Waals surface area contributed by atoms with Gasteiger partial charge in [0.15, 0.2) is 6.29 Å². The van der Waals surface area contributed by atoms with Crippen LogP contribution in [0, 0.1) is 0 Å². The first-order chi connectivity index (χ1) is 9.70. The summed E-state index contributed by atoms with van der Waals surface area (Å²) in [5.41, 5.74) is 0.226. The van der Waals surface area contributed by atoms with Crippen molar-refractivity contribution >= 4 is 20.5 Å². The van der Waals surface area contributed by atoms with Crippen molar-refractivity contribution in [3.05, 3.63) is 65.7 Å². The lowest BCUT2D eigenvalue weighted by molar-refractivity contribution is 0.0730. The molecule has 2 aromatic rings. The molecule has 1 atom stereocenters. The van der Waals surface area contributed by atoms with Crippen LogP contribution in [0.3, 0.4) is 0 Å². The smallest absolute Gasteiger partial charge is 0.418 e. The van der Waals surface area contributed by atoms with E-state index in [0.717, 1.165) is 0 Å². The summed E-state index contributed by atoms with van der Waals surface area (Å²) >= 11 is 0. The van der Waals surface area contributed by atoms with Gasteiger partial charge in [-0.2, -0.15) is 0 Å². The molecule has 5 nitrogen and oxygen atoms in total. The fourth-order valence-electron chi connectivity index (χ4n) is 1.52. The molecule has 0 saturated carbocycles. The van der Waals surface area contributed by atoms with Crippen molar-refractivity contribution in [1.29, 1.82) is 0 Å². The normalized spacial score (nSPS) is 11.4. The summed E-state index contributed by atoms with van der Waals surface area (Å²) in [6.07, 6.45) is 0.534. The van der Waals surface area contributed by atoms with Crippen LogP contribution in [-0.2, 0) is 9.09 Å². The molecule has 0 aliphatic carbocycles. The molecule has 102 valence electrons. The highest BCUT2D eigenvalue weighted by Gasteiger charge is 2.15. The summed E-state index contributed by atoms with van der Waals surface area (Å²) in [5, 5.41) is 0. The average Bonchev–Trinajstić information content (AvgIpc) is 2.48. The Bertz CT molecular complexity index is 639. The molecule has 0 saturated heterocycles. The topological polar surface area (TPSA) is 69.7 Å². The van der Waals surface area contributed by atoms with Gasteiger partial charge < -0.3 is 9.05 Å². The molecule has 0 aliphatic heterocycles. The second-order valence-corrected chi connectivity index (χ2v) is 4.67. The highest BCUT2D eigenvalue weighted by Crippen LogP contribution is 2.29. The lowest BCUT2D eigenvalue weighted by atomic mass is 10.1. The monoisotopic (exact) mass is 290 g/mol. The second kappa shape index (κ2) is 6.68. The van der Waals surface area contributed by atoms with Crippen molar-refractivity contribution in [2.24, 2.45) is 0 Å². The highest BCUT2D eigenvalue weighted by molar-refractivity contribution is 7.34. The van der Waals surface area contributed by atoms with Crippen molar-refractivity contribution in [1.82, 2.24) is 0 Å². The molecule has 0 N–H and O–H groups in total. The minimum Gasteiger partial charge on any atom is -0.418 e. The molecule has 0 aliphatic rings. The predicted molar refractivity (Wildman–Crippen MR) is 73.3 cm³/mol. The Kier molecular flexibility index (Phi) is 4.69. The van der Waals surface area contributed by atoms with Crippen LogP contribution < -0.4 is 4.52 Å². The Morgan fingerprint density at radius 2 is 1.65 bits per heavy atom. The van der Waals surface area contributed by atoms with E-state index in [4.69, 9.17) is 9.05 Å². The summed E-state index contributed by atoms with van der Waals surface area (Å²) in [6, 6.07) is 14.5. The summed E-state index contributed by atoms with van der Waals surface area (Å²) < 4.78 is 21.3. The maximum absolute atomic E-state index is 11.8. The average molecular weight is 290 g/mol. The van der Waals surface area contributed by atoms with Gasteiger partial charge in [0, 0.05) is 5.56 Å². The van der Waals surface area contributed by atoms with Crippen LogP contribution in [0.25, 0.3) is 0 Å². The van der Waals surface area contributed by atoms with E-state index < -0.39 is 14.2 Å². The van der Waals surface area contributed by atoms with Crippen molar-refractivity contribution in [2.75, 3.05) is 0 Å². The van der Waals surface area contributed by atoms with Gasteiger partial charge in [-0.15, -0.1) is 0 Å². The third kappa shape index (κ3) is 3.56. The standard InChI is InChI=1S/C14H11O5P/c15-10-11-6-4-5-9-13(11)14(16)19-20(17)18-12-7-2-1-3-8-12/h1-10,20H. The number of carbonyl (C=O) groups excluding carboxylic acids is 2. The van der Waals surface area contributed by atoms with Gasteiger partial charge >= 0.3 is 14.2 Å². The van der Waals surface area contributed by atoms with Gasteiger partial charge in [-0.1, -0.05) is 36.4 Å². The van der Waals surface area contributed by atoms with Crippen LogP contribution in [-0.4, -0.2) is 12.3 Å². The molecule has 0 spiro atoms. The van der Waals surface area contributed by atoms with Gasteiger partial charge in [0.1, 0.15) is 5.75 Å². The molecule has 0 aromatic heterocycles. The van der Waals surface area contributed by atoms with Crippen LogP contribution in [0.15, 0.2) is 54.6 Å². The van der Waals surface area contributed by atoms with E-state index in [1.165, 1.54) is 12.1 Å². The number of hydrogen-bond acceptors (Lipinski definition) is 5. The van der Waals surface area contributed by atoms with Crippen LogP contribution in [0.2, 0.25) is 0 Å². The zero-order chi connectivity index (χ0) is 14.4. The Morgan fingerprint density at radius 3 is 2.35 bits per heavy atom. The number of para-hydroxylation sites is 1. The summed E-state index contributed by atoms with van der Waals surface area (Å²) in [4.78, 5) is 22.6. The van der Waals surface area contributed by atoms with E-state index in [0.29, 0.717) is 12.0 Å². The molecule has 2 aromatic carbocycles. The zero-order valence-corrected chi connectivity index (χ0v) is 11.3. The molecule has 0 bridgehead atoms. The number of carbonyl (C=O) groups is 2. The Labute approximate surface area is 116 Å². The van der Waals surface area contributed by atoms with Gasteiger partial charge in [-0.3, -0.25) is 4.79 Å². The van der Waals surface area contributed by atoms with E-state index in [1.807, 2.05) is 0 Å². The third-order valence-corrected chi connectivity index (χ3v) is 3.18. The summed E-state index contributed by atoms with van der Waals surface area (Å²) in [7, 11) is -3.03. The summed E-state index contributed by atoms with van der Waals surface area (Å²) in [5.74, 6) is -0.514. The molecule has 0 fully saturated rings. The zero-order valence-electron chi connectivity index (χ0n) is 10.3. The molecule has 2 rings (SSSR count). The quantitative estimate of drug-likeness (QED) is 0.625. The molecule has 20 heavy (non-hydrogen) atoms. The van der Waals surface area contributed by atoms with Gasteiger partial charge in [-0.05, 0) is 18.2 Å². The first-order valence-electron chi connectivity index (χ1n) is 5.74. The highest BCUT2D eigenvalue weighted by atomic mass is 31.1. The third-order valence-electron chi connectivity index (χ3n) is 2.43. The molecule has 0 radical (unpaired) electrons. The minimum absolute atomic E-state index is 0.0533. The van der Waals surface area contributed by atoms with Crippen LogP contribution in [0.4, 0.5) is 0 Å². The number of aldehydes is 1. The lowest BCUT2D eigenvalue weighted by Gasteiger charge is -2.07. The van der Waals surface area contributed by atoms with E-state index >= 15 is 0 Å². The van der Waals surface area contributed by atoms with Crippen LogP contribution >= 0.6 is 8.25 Å². The van der Waals surface area contributed by atoms with Crippen molar-refractivity contribution in [2.45, 2.75) is 0 Å². The fourth-order valence-corrected chi connectivity index (χ4v) is 2.15. The van der Waals surface area contributed by atoms with E-state index in [9.17, 15) is 14.2 Å². The second-order valence-electron chi connectivity index (χ2n) is 3.76. The van der Waals surface area contributed by atoms with Crippen molar-refractivity contribution in [3.8, 4) is 5.75 Å². The molecule has 1 unspecified atom stereocenters. The Hall–Kier alpha value is -2.39. The lowest BCUT2D eigenvalue weighted by Crippen LogP contribution is -2.05. The maximum atomic E-state index is 11.8. The van der Waals surface area contributed by atoms with Crippen LogP contribution in [0.1, 0.15) is 20.7 Å². The number of hydrogen-bond donors (Lipinski definition) is 0. The van der Waals surface area contributed by atoms with Gasteiger partial charge in [0.05, 0.1) is 5.56 Å². The number of benzene rings is 2. The SMILES string of the molecule is O=Cc1ccccc1C(=O)O[PH](=O)Oc1ccccc1. The van der Waals surface area contributed by atoms with E-state index in [2.05, 4.69) is 0 Å². The van der Waals surface area contributed by atoms with Gasteiger partial charge in [-0.25, -0.2) is 9.36 Å². The van der Waals surface area contributed by atoms with Crippen molar-refractivity contribution < 1.29 is 23.2 Å². The molecule has 6 heteroatoms. The van der Waals surface area contributed by atoms with E-state index in [-0.39, 0.29) is 11.1 Å². The first kappa shape index (κ1) is 14.0. The largest absolute Gasteiger partial charge is 0.421 e. The Balaban J connectivity index is 2.04. The van der Waals surface area contributed by atoms with E-state index in [1.54, 1.807) is 42.5 Å². The molecular weight excluding hydrogens is 279 g/mol. The predicted octanol–water partition coefficient (Wildman–Crippen LogP) is 3.12. The number of rotatable bonds is 5.